The Morgan fingerprint density at radius 1 is 1.17 bits per heavy atom. The average Bonchev–Trinajstić information content (AvgIpc) is 3.12. The minimum atomic E-state index is -1.06. The summed E-state index contributed by atoms with van der Waals surface area (Å²) in [6.07, 6.45) is 0.140. The first-order valence-corrected chi connectivity index (χ1v) is 9.12. The number of carboxylic acid groups (broad SMARTS) is 1. The number of hydrogen-bond donors (Lipinski definition) is 2. The minimum Gasteiger partial charge on any atom is -0.497 e. The third kappa shape index (κ3) is 5.25. The van der Waals surface area contributed by atoms with E-state index in [2.05, 4.69) is 5.32 Å². The molecule has 1 aliphatic rings. The van der Waals surface area contributed by atoms with Crippen molar-refractivity contribution in [2.45, 2.75) is 13.0 Å². The van der Waals surface area contributed by atoms with Crippen LogP contribution < -0.4 is 19.7 Å². The fourth-order valence-electron chi connectivity index (χ4n) is 3.12. The smallest absolute Gasteiger partial charge is 0.341 e. The molecule has 2 aromatic rings. The monoisotopic (exact) mass is 398 g/mol. The highest BCUT2D eigenvalue weighted by atomic mass is 16.5. The van der Waals surface area contributed by atoms with E-state index in [0.29, 0.717) is 18.0 Å². The van der Waals surface area contributed by atoms with Gasteiger partial charge in [-0.3, -0.25) is 9.59 Å². The van der Waals surface area contributed by atoms with Gasteiger partial charge in [0.2, 0.25) is 11.8 Å². The number of nitrogens with one attached hydrogen (secondary N) is 1. The molecule has 1 fully saturated rings. The lowest BCUT2D eigenvalue weighted by Crippen LogP contribution is -2.32. The summed E-state index contributed by atoms with van der Waals surface area (Å²) in [5.74, 6) is -0.691. The number of rotatable bonds is 8. The molecule has 2 amide bonds. The Hall–Kier alpha value is -3.55. The van der Waals surface area contributed by atoms with Gasteiger partial charge in [-0.25, -0.2) is 4.79 Å². The van der Waals surface area contributed by atoms with Crippen molar-refractivity contribution in [2.75, 3.05) is 25.2 Å². The predicted molar refractivity (Wildman–Crippen MR) is 105 cm³/mol. The third-order valence-electron chi connectivity index (χ3n) is 4.61. The molecule has 2 aromatic carbocycles. The molecule has 1 heterocycles. The average molecular weight is 398 g/mol. The number of carbonyl (C=O) groups excluding carboxylic acids is 2. The van der Waals surface area contributed by atoms with Gasteiger partial charge >= 0.3 is 5.97 Å². The molecular formula is C21H22N2O6. The number of anilines is 1. The normalized spacial score (nSPS) is 15.8. The summed E-state index contributed by atoms with van der Waals surface area (Å²) in [5.41, 5.74) is 1.55. The first-order valence-electron chi connectivity index (χ1n) is 9.12. The Bertz CT molecular complexity index is 896. The van der Waals surface area contributed by atoms with Crippen LogP contribution in [0, 0.1) is 5.92 Å². The van der Waals surface area contributed by atoms with Crippen molar-refractivity contribution in [3.05, 3.63) is 54.1 Å². The van der Waals surface area contributed by atoms with Crippen LogP contribution in [-0.4, -0.2) is 43.2 Å². The lowest BCUT2D eigenvalue weighted by atomic mass is 10.1. The van der Waals surface area contributed by atoms with Gasteiger partial charge in [-0.1, -0.05) is 12.1 Å². The molecule has 0 radical (unpaired) electrons. The van der Waals surface area contributed by atoms with Crippen LogP contribution in [-0.2, 0) is 20.9 Å². The molecule has 152 valence electrons. The summed E-state index contributed by atoms with van der Waals surface area (Å²) in [6.45, 7) is 0.214. The van der Waals surface area contributed by atoms with Crippen LogP contribution in [0.2, 0.25) is 0 Å². The van der Waals surface area contributed by atoms with E-state index >= 15 is 0 Å². The highest BCUT2D eigenvalue weighted by Gasteiger charge is 2.35. The maximum atomic E-state index is 12.5. The molecule has 8 heteroatoms. The molecule has 0 bridgehead atoms. The van der Waals surface area contributed by atoms with E-state index in [-0.39, 0.29) is 24.8 Å². The van der Waals surface area contributed by atoms with Crippen LogP contribution in [0.25, 0.3) is 0 Å². The first-order chi connectivity index (χ1) is 14.0. The number of ether oxygens (including phenoxy) is 2. The Labute approximate surface area is 168 Å². The minimum absolute atomic E-state index is 0.134. The van der Waals surface area contributed by atoms with Gasteiger partial charge in [0.25, 0.3) is 0 Å². The number of methoxy groups -OCH3 is 1. The van der Waals surface area contributed by atoms with Gasteiger partial charge < -0.3 is 24.8 Å². The Morgan fingerprint density at radius 3 is 2.62 bits per heavy atom. The molecule has 0 spiro atoms. The Morgan fingerprint density at radius 2 is 1.93 bits per heavy atom. The molecule has 1 unspecified atom stereocenters. The summed E-state index contributed by atoms with van der Waals surface area (Å²) in [4.78, 5) is 37.0. The molecule has 3 rings (SSSR count). The van der Waals surface area contributed by atoms with Crippen molar-refractivity contribution in [2.24, 2.45) is 5.92 Å². The van der Waals surface area contributed by atoms with E-state index in [0.717, 1.165) is 11.3 Å². The van der Waals surface area contributed by atoms with E-state index in [1.807, 2.05) is 24.3 Å². The van der Waals surface area contributed by atoms with Gasteiger partial charge in [-0.05, 0) is 42.0 Å². The number of amides is 2. The van der Waals surface area contributed by atoms with Crippen molar-refractivity contribution in [1.82, 2.24) is 5.32 Å². The second kappa shape index (κ2) is 9.09. The number of aliphatic carboxylic acids is 1. The van der Waals surface area contributed by atoms with E-state index in [4.69, 9.17) is 14.6 Å². The van der Waals surface area contributed by atoms with Crippen LogP contribution in [0.15, 0.2) is 48.5 Å². The van der Waals surface area contributed by atoms with Crippen molar-refractivity contribution in [1.29, 1.82) is 0 Å². The zero-order valence-corrected chi connectivity index (χ0v) is 16.0. The van der Waals surface area contributed by atoms with E-state index < -0.39 is 18.5 Å². The zero-order valence-electron chi connectivity index (χ0n) is 16.0. The second-order valence-corrected chi connectivity index (χ2v) is 6.65. The van der Waals surface area contributed by atoms with Gasteiger partial charge in [-0.15, -0.1) is 0 Å². The zero-order chi connectivity index (χ0) is 20.8. The van der Waals surface area contributed by atoms with Crippen molar-refractivity contribution < 1.29 is 29.0 Å². The van der Waals surface area contributed by atoms with Crippen LogP contribution in [0.1, 0.15) is 12.0 Å². The molecule has 8 nitrogen and oxygen atoms in total. The number of carboxylic acids is 1. The third-order valence-corrected chi connectivity index (χ3v) is 4.61. The standard InChI is InChI=1S/C21H22N2O6/c1-28-18-4-2-3-14(9-18)11-22-21(27)15-10-19(24)23(12-15)16-5-7-17(8-6-16)29-13-20(25)26/h2-9,15H,10-13H2,1H3,(H,22,27)(H,25,26). The highest BCUT2D eigenvalue weighted by molar-refractivity contribution is 6.00. The van der Waals surface area contributed by atoms with Crippen molar-refractivity contribution in [3.63, 3.8) is 0 Å². The lowest BCUT2D eigenvalue weighted by Gasteiger charge is -2.17. The molecule has 0 saturated carbocycles. The van der Waals surface area contributed by atoms with Gasteiger partial charge in [-0.2, -0.15) is 0 Å². The SMILES string of the molecule is COc1cccc(CNC(=O)C2CC(=O)N(c3ccc(OCC(=O)O)cc3)C2)c1. The van der Waals surface area contributed by atoms with Crippen LogP contribution in [0.4, 0.5) is 5.69 Å². The van der Waals surface area contributed by atoms with Gasteiger partial charge in [0.05, 0.1) is 13.0 Å². The largest absolute Gasteiger partial charge is 0.497 e. The van der Waals surface area contributed by atoms with Crippen LogP contribution in [0.5, 0.6) is 11.5 Å². The summed E-state index contributed by atoms with van der Waals surface area (Å²) in [7, 11) is 1.58. The second-order valence-electron chi connectivity index (χ2n) is 6.65. The van der Waals surface area contributed by atoms with E-state index in [1.54, 1.807) is 36.3 Å². The first kappa shape index (κ1) is 20.2. The van der Waals surface area contributed by atoms with Crippen LogP contribution in [0.3, 0.4) is 0 Å². The summed E-state index contributed by atoms with van der Waals surface area (Å²) in [6, 6.07) is 14.0. The Balaban J connectivity index is 1.56. The molecule has 1 atom stereocenters. The fourth-order valence-corrected chi connectivity index (χ4v) is 3.12. The molecule has 29 heavy (non-hydrogen) atoms. The Kier molecular flexibility index (Phi) is 6.33. The summed E-state index contributed by atoms with van der Waals surface area (Å²) < 4.78 is 10.3. The van der Waals surface area contributed by atoms with Crippen LogP contribution >= 0.6 is 0 Å². The number of hydrogen-bond acceptors (Lipinski definition) is 5. The van der Waals surface area contributed by atoms with E-state index in [9.17, 15) is 14.4 Å². The summed E-state index contributed by atoms with van der Waals surface area (Å²) in [5, 5.41) is 11.5. The van der Waals surface area contributed by atoms with Crippen molar-refractivity contribution in [3.8, 4) is 11.5 Å². The molecule has 0 aliphatic carbocycles. The summed E-state index contributed by atoms with van der Waals surface area (Å²) >= 11 is 0. The molecule has 2 N–H and O–H groups in total. The maximum Gasteiger partial charge on any atom is 0.341 e. The molecule has 1 aliphatic heterocycles. The fraction of sp³-hybridized carbons (Fsp3) is 0.286. The molecular weight excluding hydrogens is 376 g/mol. The maximum absolute atomic E-state index is 12.5. The number of nitrogens with zero attached hydrogens (tertiary/aromatic N) is 1. The van der Waals surface area contributed by atoms with Crippen molar-refractivity contribution >= 4 is 23.5 Å². The molecule has 0 aromatic heterocycles. The van der Waals surface area contributed by atoms with Gasteiger partial charge in [0.15, 0.2) is 6.61 Å². The topological polar surface area (TPSA) is 105 Å². The quantitative estimate of drug-likeness (QED) is 0.703. The number of benzene rings is 2. The van der Waals surface area contributed by atoms with Gasteiger partial charge in [0.1, 0.15) is 11.5 Å². The van der Waals surface area contributed by atoms with Gasteiger partial charge in [0, 0.05) is 25.2 Å². The lowest BCUT2D eigenvalue weighted by molar-refractivity contribution is -0.139. The van der Waals surface area contributed by atoms with E-state index in [1.165, 1.54) is 0 Å². The number of carbonyl (C=O) groups is 3. The molecule has 1 saturated heterocycles. The highest BCUT2D eigenvalue weighted by Crippen LogP contribution is 2.27. The predicted octanol–water partition coefficient (Wildman–Crippen LogP) is 1.83.